The van der Waals surface area contributed by atoms with Gasteiger partial charge in [0.15, 0.2) is 32.6 Å². The van der Waals surface area contributed by atoms with E-state index in [4.69, 9.17) is 29.3 Å². The Morgan fingerprint density at radius 1 is 0.504 bits per heavy atom. The van der Waals surface area contributed by atoms with Crippen molar-refractivity contribution in [1.29, 1.82) is 0 Å². The van der Waals surface area contributed by atoms with Crippen molar-refractivity contribution < 1.29 is 4.74 Å². The maximum atomic E-state index is 12.7. The molecular formula is C95H122N32O11S. The third-order valence-corrected chi connectivity index (χ3v) is 20.8. The Hall–Kier alpha value is -15.7. The first-order valence-electron chi connectivity index (χ1n) is 44.0. The Morgan fingerprint density at radius 2 is 1.06 bits per heavy atom. The average Bonchev–Trinajstić information content (AvgIpc) is 1.46. The minimum Gasteiger partial charge on any atom is -0.479 e. The van der Waals surface area contributed by atoms with Gasteiger partial charge in [0.05, 0.1) is 55.6 Å². The van der Waals surface area contributed by atoms with Crippen LogP contribution in [0.25, 0.3) is 77.1 Å². The minimum absolute atomic E-state index is 0.0804. The standard InChI is InChI=1S/C16H20N6O.C13H16N2O2.C12H12N4O.C12H15N3O2.2C11H14N4O2.C10H15N5O.C6H6N4S.C4H10/c1-16(2,3)22-10-19-13-12(14(22)23)21(4)15(20-13)18-9-11-7-5-6-8-17-11;1-9-5-6-10(16)14-7-8-15(13(2,3)4)12(17)11(9)14;1-12(2,3)16-7-14-10-8(11(16)17)5-6-9(13-4)15-10;1-12(2,3)15-7-14-9-8(11(15)16)5-6-13-10(9)17-4;1-7-8-10(17)15(11(2,3)4)13-6-14(8)5-12-9(7)16;1-7-5-8(16)13-9-12-6-14(11(2,3)4)10(17)15(7)9;1-10(2,3)15-8(16)6-7(13-9(15)11)12-5-14(6)4;1-10-3-9-5-4(10)6(11)8-2-7-5;1-4(2)3/h5-8,10H,9H2,1-4H3,(H,18,20);5-8H,1-4H3;5-7H,1-3H3;5-7H,1-4H3;2*5-6H,1-4H3;5H,1-4H3,(H2,11,13);2-3H,1H3,(H,7,8,11);4H,1-3H3. The molecule has 0 saturated carbocycles. The molecule has 0 fully saturated rings. The Bertz CT molecular complexity index is 8150. The van der Waals surface area contributed by atoms with Crippen LogP contribution in [0.5, 0.6) is 5.88 Å². The number of aromatic amines is 1. The van der Waals surface area contributed by atoms with E-state index in [0.29, 0.717) is 89.6 Å². The van der Waals surface area contributed by atoms with Crippen LogP contribution in [0, 0.1) is 37.9 Å². The largest absolute Gasteiger partial charge is 0.479 e. The number of nitrogens with two attached hydrogens (primary N) is 1. The number of ether oxygens (including phenoxy) is 1. The molecule has 139 heavy (non-hydrogen) atoms. The van der Waals surface area contributed by atoms with E-state index in [0.717, 1.165) is 28.3 Å². The van der Waals surface area contributed by atoms with E-state index in [1.54, 1.807) is 117 Å². The summed E-state index contributed by atoms with van der Waals surface area (Å²) < 4.78 is 25.9. The predicted octanol–water partition coefficient (Wildman–Crippen LogP) is 10.9. The Kier molecular flexibility index (Phi) is 32.5. The summed E-state index contributed by atoms with van der Waals surface area (Å²) in [6, 6.07) is 15.0. The number of hydrogen-bond donors (Lipinski definition) is 3. The number of fused-ring (bicyclic) bond motifs is 8. The molecule has 0 aliphatic heterocycles. The summed E-state index contributed by atoms with van der Waals surface area (Å²) in [6.45, 7) is 59.6. The summed E-state index contributed by atoms with van der Waals surface area (Å²) in [6.07, 6.45) is 20.2. The monoisotopic (exact) mass is 1920 g/mol. The molecule has 0 atom stereocenters. The predicted molar refractivity (Wildman–Crippen MR) is 540 cm³/mol. The molecule has 0 aliphatic carbocycles. The van der Waals surface area contributed by atoms with Gasteiger partial charge in [-0.3, -0.25) is 79.8 Å². The third-order valence-electron chi connectivity index (χ3n) is 20.5. The molecule has 0 bridgehead atoms. The molecule has 17 rings (SSSR count). The van der Waals surface area contributed by atoms with Crippen LogP contribution in [0.2, 0.25) is 0 Å². The molecule has 0 aliphatic rings. The van der Waals surface area contributed by atoms with Gasteiger partial charge in [0.25, 0.3) is 61.5 Å². The van der Waals surface area contributed by atoms with Gasteiger partial charge in [0.2, 0.25) is 23.6 Å². The molecule has 0 unspecified atom stereocenters. The number of aryl methyl sites for hydroxylation is 6. The van der Waals surface area contributed by atoms with E-state index in [9.17, 15) is 47.9 Å². The van der Waals surface area contributed by atoms with Crippen molar-refractivity contribution in [2.24, 2.45) is 27.1 Å². The van der Waals surface area contributed by atoms with E-state index in [2.05, 4.69) is 111 Å². The number of aromatic nitrogens is 29. The van der Waals surface area contributed by atoms with Crippen LogP contribution in [0.3, 0.4) is 0 Å². The second-order valence-corrected chi connectivity index (χ2v) is 40.3. The molecule has 17 aromatic rings. The number of nitrogens with zero attached hydrogens (tertiary/aromatic N) is 29. The lowest BCUT2D eigenvalue weighted by atomic mass is 10.1. The highest BCUT2D eigenvalue weighted by Gasteiger charge is 2.27. The molecular weight excluding hydrogens is 1800 g/mol. The molecule has 0 aromatic carbocycles. The van der Waals surface area contributed by atoms with Crippen molar-refractivity contribution in [3.63, 3.8) is 0 Å². The van der Waals surface area contributed by atoms with E-state index in [1.807, 2.05) is 189 Å². The van der Waals surface area contributed by atoms with Gasteiger partial charge in [-0.15, -0.1) is 0 Å². The van der Waals surface area contributed by atoms with Crippen molar-refractivity contribution in [3.05, 3.63) is 279 Å². The molecule has 4 N–H and O–H groups in total. The molecule has 0 amide bonds. The third kappa shape index (κ3) is 25.0. The molecule has 0 saturated heterocycles. The number of rotatable bonds is 4. The van der Waals surface area contributed by atoms with Crippen LogP contribution >= 0.6 is 12.2 Å². The lowest BCUT2D eigenvalue weighted by Crippen LogP contribution is -2.39. The van der Waals surface area contributed by atoms with E-state index in [-0.39, 0.29) is 101 Å². The van der Waals surface area contributed by atoms with Crippen molar-refractivity contribution in [1.82, 2.24) is 139 Å². The van der Waals surface area contributed by atoms with Crippen molar-refractivity contribution in [3.8, 4) is 5.88 Å². The summed E-state index contributed by atoms with van der Waals surface area (Å²) in [5.41, 5.74) is 8.97. The zero-order valence-electron chi connectivity index (χ0n) is 84.4. The lowest BCUT2D eigenvalue weighted by Gasteiger charge is -2.23. The maximum Gasteiger partial charge on any atom is 0.336 e. The van der Waals surface area contributed by atoms with Crippen LogP contribution in [0.1, 0.15) is 189 Å². The van der Waals surface area contributed by atoms with E-state index < -0.39 is 11.1 Å². The van der Waals surface area contributed by atoms with Gasteiger partial charge in [-0.05, 0) is 202 Å². The Balaban J connectivity index is 0.000000177. The van der Waals surface area contributed by atoms with Gasteiger partial charge < -0.3 is 43.9 Å². The zero-order chi connectivity index (χ0) is 104. The van der Waals surface area contributed by atoms with Crippen LogP contribution in [-0.2, 0) is 66.5 Å². The Labute approximate surface area is 803 Å². The Morgan fingerprint density at radius 3 is 1.64 bits per heavy atom. The van der Waals surface area contributed by atoms with Crippen LogP contribution in [0.4, 0.5) is 17.7 Å². The molecule has 17 heterocycles. The number of hydrogen-bond acceptors (Lipinski definition) is 29. The van der Waals surface area contributed by atoms with Gasteiger partial charge in [0.1, 0.15) is 59.1 Å². The van der Waals surface area contributed by atoms with Crippen LogP contribution in [0.15, 0.2) is 184 Å². The summed E-state index contributed by atoms with van der Waals surface area (Å²) in [5, 5.41) is 8.24. The fraction of sp³-hybridized carbons (Fsp3) is 0.421. The number of nitrogens with one attached hydrogen (secondary N) is 2. The first-order chi connectivity index (χ1) is 64.5. The molecule has 0 radical (unpaired) electrons. The summed E-state index contributed by atoms with van der Waals surface area (Å²) in [4.78, 5) is 184. The van der Waals surface area contributed by atoms with Gasteiger partial charge in [-0.1, -0.05) is 62.7 Å². The van der Waals surface area contributed by atoms with Gasteiger partial charge >= 0.3 is 5.69 Å². The summed E-state index contributed by atoms with van der Waals surface area (Å²) in [5.74, 6) is 2.39. The topological polar surface area (TPSA) is 494 Å². The minimum atomic E-state index is -0.426. The highest BCUT2D eigenvalue weighted by Crippen LogP contribution is 2.24. The quantitative estimate of drug-likeness (QED) is 0.109. The van der Waals surface area contributed by atoms with Crippen molar-refractivity contribution in [2.75, 3.05) is 18.2 Å². The average molecular weight is 1920 g/mol. The highest BCUT2D eigenvalue weighted by atomic mass is 32.1. The summed E-state index contributed by atoms with van der Waals surface area (Å²) >= 11 is 5.00. The second kappa shape index (κ2) is 42.3. The zero-order valence-corrected chi connectivity index (χ0v) is 85.2. The van der Waals surface area contributed by atoms with Gasteiger partial charge in [-0.25, -0.2) is 48.8 Å². The molecule has 0 spiro atoms. The van der Waals surface area contributed by atoms with Crippen molar-refractivity contribution in [2.45, 2.75) is 232 Å². The van der Waals surface area contributed by atoms with Gasteiger partial charge in [0, 0.05) is 103 Å². The lowest BCUT2D eigenvalue weighted by molar-refractivity contribution is 0.336. The van der Waals surface area contributed by atoms with Crippen molar-refractivity contribution >= 4 is 102 Å². The SMILES string of the molecule is CC(C)C.COc1nccc2c(=O)n(C(C)(C)C)cnc12.Cc1c(=O)ncn2cnn(C(C)(C)C)c(=O)c12.Cc1cc(=O)nc2ncn(C(C)(C)C)c(=O)n12.Cc1ccc(=O)n2ccn(C(C)(C)C)c(=O)c12.Cn1c(NCc2ccccn2)nc2ncn(C(C)(C)C)c(=O)c21.Cn1cnc2[nH]cnc(=S)c21.Cn1cnc2nc(N)n(C(C)(C)C)c(=O)c21.[C-]#[N+]c1ccc2c(=O)n(C(C)(C)C)cnc2n1. The summed E-state index contributed by atoms with van der Waals surface area (Å²) in [7, 11) is 6.98. The smallest absolute Gasteiger partial charge is 0.336 e. The van der Waals surface area contributed by atoms with E-state index in [1.165, 1.54) is 84.0 Å². The normalized spacial score (nSPS) is 11.7. The second-order valence-electron chi connectivity index (χ2n) is 39.9. The van der Waals surface area contributed by atoms with Gasteiger partial charge in [-0.2, -0.15) is 30.0 Å². The molecule has 43 nitrogen and oxygen atoms in total. The van der Waals surface area contributed by atoms with Crippen LogP contribution in [-0.4, -0.2) is 146 Å². The van der Waals surface area contributed by atoms with E-state index >= 15 is 0 Å². The fourth-order valence-electron chi connectivity index (χ4n) is 13.6. The number of imidazole rings is 3. The fourth-order valence-corrected chi connectivity index (χ4v) is 13.9. The molecule has 734 valence electrons. The molecule has 44 heteroatoms. The number of anilines is 2. The number of H-pyrrole nitrogens is 1. The number of nitrogen functional groups attached to an aromatic ring is 1. The van der Waals surface area contributed by atoms with Crippen LogP contribution < -0.4 is 71.5 Å². The molecule has 17 aromatic heterocycles. The first-order valence-corrected chi connectivity index (χ1v) is 44.5. The first kappa shape index (κ1) is 107. The number of methoxy groups -OCH3 is 1. The maximum absolute atomic E-state index is 12.7. The number of pyridine rings is 4. The highest BCUT2D eigenvalue weighted by molar-refractivity contribution is 7.71.